The van der Waals surface area contributed by atoms with E-state index in [0.29, 0.717) is 10.2 Å². The van der Waals surface area contributed by atoms with Gasteiger partial charge in [0.15, 0.2) is 4.21 Å². The molecule has 0 fully saturated rings. The van der Waals surface area contributed by atoms with Crippen LogP contribution in [0.3, 0.4) is 0 Å². The number of aromatic hydroxyl groups is 1. The van der Waals surface area contributed by atoms with Gasteiger partial charge in [0.05, 0.1) is 12.8 Å². The Morgan fingerprint density at radius 3 is 2.63 bits per heavy atom. The Morgan fingerprint density at radius 1 is 1.37 bits per heavy atom. The molecule has 0 bridgehead atoms. The number of methoxy groups -OCH3 is 1. The molecule has 1 aromatic heterocycles. The fourth-order valence-corrected chi connectivity index (χ4v) is 4.80. The molecule has 0 saturated carbocycles. The van der Waals surface area contributed by atoms with Gasteiger partial charge in [0.2, 0.25) is 0 Å². The van der Waals surface area contributed by atoms with Crippen molar-refractivity contribution in [3.8, 4) is 11.5 Å². The fourth-order valence-electron chi connectivity index (χ4n) is 1.39. The third-order valence-corrected chi connectivity index (χ3v) is 6.31. The number of hydrogen-bond donors (Lipinski definition) is 2. The Labute approximate surface area is 123 Å². The van der Waals surface area contributed by atoms with Crippen molar-refractivity contribution in [3.05, 3.63) is 34.1 Å². The molecule has 0 aliphatic heterocycles. The van der Waals surface area contributed by atoms with Crippen LogP contribution in [0.15, 0.2) is 38.3 Å². The molecule has 0 spiro atoms. The normalized spacial score (nSPS) is 11.3. The van der Waals surface area contributed by atoms with Crippen LogP contribution in [0, 0.1) is 0 Å². The minimum Gasteiger partial charge on any atom is -0.506 e. The van der Waals surface area contributed by atoms with Crippen LogP contribution in [-0.4, -0.2) is 20.6 Å². The van der Waals surface area contributed by atoms with Crippen LogP contribution in [0.5, 0.6) is 11.5 Å². The van der Waals surface area contributed by atoms with Gasteiger partial charge in [-0.25, -0.2) is 8.42 Å². The summed E-state index contributed by atoms with van der Waals surface area (Å²) in [6.45, 7) is 0. The van der Waals surface area contributed by atoms with E-state index in [4.69, 9.17) is 4.74 Å². The number of benzene rings is 1. The van der Waals surface area contributed by atoms with Gasteiger partial charge in [-0.1, -0.05) is 0 Å². The van der Waals surface area contributed by atoms with Crippen molar-refractivity contribution in [1.29, 1.82) is 0 Å². The van der Waals surface area contributed by atoms with Crippen molar-refractivity contribution < 1.29 is 18.3 Å². The van der Waals surface area contributed by atoms with E-state index in [1.807, 2.05) is 0 Å². The average Bonchev–Trinajstić information content (AvgIpc) is 2.79. The summed E-state index contributed by atoms with van der Waals surface area (Å²) in [6, 6.07) is 5.97. The third-order valence-electron chi connectivity index (χ3n) is 2.28. The number of halogens is 1. The van der Waals surface area contributed by atoms with Gasteiger partial charge in [-0.15, -0.1) is 11.3 Å². The molecule has 5 nitrogen and oxygen atoms in total. The maximum atomic E-state index is 12.1. The molecule has 19 heavy (non-hydrogen) atoms. The van der Waals surface area contributed by atoms with Gasteiger partial charge in [0.1, 0.15) is 11.5 Å². The standard InChI is InChI=1S/C11H10BrNO4S2/c1-17-7-2-3-9(10(14)6-7)13-19(15,16)11-8(12)4-5-18-11/h2-6,13-14H,1H3. The summed E-state index contributed by atoms with van der Waals surface area (Å²) in [6.07, 6.45) is 0. The summed E-state index contributed by atoms with van der Waals surface area (Å²) in [5, 5.41) is 11.4. The first-order valence-electron chi connectivity index (χ1n) is 5.07. The Bertz CT molecular complexity index is 696. The minimum atomic E-state index is -3.72. The van der Waals surface area contributed by atoms with Gasteiger partial charge in [-0.2, -0.15) is 0 Å². The highest BCUT2D eigenvalue weighted by molar-refractivity contribution is 9.10. The predicted octanol–water partition coefficient (Wildman–Crippen LogP) is 3.03. The number of nitrogens with one attached hydrogen (secondary N) is 1. The van der Waals surface area contributed by atoms with Gasteiger partial charge in [-0.05, 0) is 39.5 Å². The summed E-state index contributed by atoms with van der Waals surface area (Å²) in [4.78, 5) is 0. The molecular weight excluding hydrogens is 354 g/mol. The number of phenolic OH excluding ortho intramolecular Hbond substituents is 1. The Balaban J connectivity index is 2.34. The number of hydrogen-bond acceptors (Lipinski definition) is 5. The predicted molar refractivity (Wildman–Crippen MR) is 77.5 cm³/mol. The lowest BCUT2D eigenvalue weighted by Crippen LogP contribution is -2.12. The van der Waals surface area contributed by atoms with Crippen LogP contribution in [0.4, 0.5) is 5.69 Å². The van der Waals surface area contributed by atoms with Gasteiger partial charge in [0, 0.05) is 10.5 Å². The molecule has 0 aliphatic carbocycles. The second-order valence-electron chi connectivity index (χ2n) is 3.54. The largest absolute Gasteiger partial charge is 0.506 e. The molecule has 2 aromatic rings. The number of phenols is 1. The topological polar surface area (TPSA) is 75.6 Å². The summed E-state index contributed by atoms with van der Waals surface area (Å²) in [5.74, 6) is 0.244. The molecule has 8 heteroatoms. The second kappa shape index (κ2) is 5.40. The smallest absolute Gasteiger partial charge is 0.272 e. The van der Waals surface area contributed by atoms with E-state index in [2.05, 4.69) is 20.7 Å². The van der Waals surface area contributed by atoms with Gasteiger partial charge in [0.25, 0.3) is 10.0 Å². The summed E-state index contributed by atoms with van der Waals surface area (Å²) in [7, 11) is -2.26. The fraction of sp³-hybridized carbons (Fsp3) is 0.0909. The van der Waals surface area contributed by atoms with Crippen LogP contribution in [0.2, 0.25) is 0 Å². The number of anilines is 1. The Kier molecular flexibility index (Phi) is 4.02. The second-order valence-corrected chi connectivity index (χ2v) is 7.19. The SMILES string of the molecule is COc1ccc(NS(=O)(=O)c2sccc2Br)c(O)c1. The van der Waals surface area contributed by atoms with Crippen LogP contribution >= 0.6 is 27.3 Å². The minimum absolute atomic E-state index is 0.0982. The quantitative estimate of drug-likeness (QED) is 0.818. The summed E-state index contributed by atoms with van der Waals surface area (Å²) in [5.41, 5.74) is 0.0982. The van der Waals surface area contributed by atoms with E-state index >= 15 is 0 Å². The van der Waals surface area contributed by atoms with Crippen LogP contribution in [0.25, 0.3) is 0 Å². The zero-order chi connectivity index (χ0) is 14.0. The number of sulfonamides is 1. The lowest BCUT2D eigenvalue weighted by Gasteiger charge is -2.09. The first-order chi connectivity index (χ1) is 8.94. The monoisotopic (exact) mass is 363 g/mol. The first kappa shape index (κ1) is 14.2. The van der Waals surface area contributed by atoms with Crippen molar-refractivity contribution in [2.75, 3.05) is 11.8 Å². The highest BCUT2D eigenvalue weighted by atomic mass is 79.9. The van der Waals surface area contributed by atoms with Gasteiger partial charge in [-0.3, -0.25) is 4.72 Å². The molecule has 1 aromatic carbocycles. The van der Waals surface area contributed by atoms with Crippen LogP contribution in [-0.2, 0) is 10.0 Å². The van der Waals surface area contributed by atoms with Gasteiger partial charge < -0.3 is 9.84 Å². The number of thiophene rings is 1. The molecule has 102 valence electrons. The molecule has 0 unspecified atom stereocenters. The molecule has 1 heterocycles. The van der Waals surface area contributed by atoms with E-state index in [1.54, 1.807) is 17.5 Å². The summed E-state index contributed by atoms with van der Waals surface area (Å²) < 4.78 is 32.1. The Morgan fingerprint density at radius 2 is 2.11 bits per heavy atom. The highest BCUT2D eigenvalue weighted by Crippen LogP contribution is 2.33. The maximum Gasteiger partial charge on any atom is 0.272 e. The van der Waals surface area contributed by atoms with E-state index in [-0.39, 0.29) is 15.6 Å². The van der Waals surface area contributed by atoms with Crippen molar-refractivity contribution in [2.24, 2.45) is 0 Å². The summed E-state index contributed by atoms with van der Waals surface area (Å²) >= 11 is 4.25. The zero-order valence-electron chi connectivity index (χ0n) is 9.75. The number of rotatable bonds is 4. The molecule has 0 amide bonds. The zero-order valence-corrected chi connectivity index (χ0v) is 13.0. The van der Waals surface area contributed by atoms with E-state index in [1.165, 1.54) is 19.2 Å². The molecular formula is C11H10BrNO4S2. The van der Waals surface area contributed by atoms with Crippen molar-refractivity contribution >= 4 is 43.0 Å². The third kappa shape index (κ3) is 3.02. The lowest BCUT2D eigenvalue weighted by molar-refractivity contribution is 0.408. The van der Waals surface area contributed by atoms with Crippen molar-refractivity contribution in [2.45, 2.75) is 4.21 Å². The maximum absolute atomic E-state index is 12.1. The lowest BCUT2D eigenvalue weighted by atomic mass is 10.3. The molecule has 2 N–H and O–H groups in total. The average molecular weight is 364 g/mol. The van der Waals surface area contributed by atoms with Crippen LogP contribution < -0.4 is 9.46 Å². The first-order valence-corrected chi connectivity index (χ1v) is 8.22. The van der Waals surface area contributed by atoms with Crippen molar-refractivity contribution in [1.82, 2.24) is 0 Å². The molecule has 0 aliphatic rings. The molecule has 0 saturated heterocycles. The molecule has 2 rings (SSSR count). The molecule has 0 radical (unpaired) electrons. The van der Waals surface area contributed by atoms with E-state index in [9.17, 15) is 13.5 Å². The highest BCUT2D eigenvalue weighted by Gasteiger charge is 2.20. The van der Waals surface area contributed by atoms with E-state index < -0.39 is 10.0 Å². The van der Waals surface area contributed by atoms with Crippen LogP contribution in [0.1, 0.15) is 0 Å². The van der Waals surface area contributed by atoms with Gasteiger partial charge >= 0.3 is 0 Å². The molecule has 0 atom stereocenters. The number of ether oxygens (including phenoxy) is 1. The Hall–Kier alpha value is -1.25. The van der Waals surface area contributed by atoms with Crippen molar-refractivity contribution in [3.63, 3.8) is 0 Å². The van der Waals surface area contributed by atoms with E-state index in [0.717, 1.165) is 11.3 Å².